The van der Waals surface area contributed by atoms with E-state index in [4.69, 9.17) is 0 Å². The number of carbonyl (C=O) groups is 1. The van der Waals surface area contributed by atoms with Crippen LogP contribution in [-0.2, 0) is 0 Å². The van der Waals surface area contributed by atoms with Crippen molar-refractivity contribution in [2.24, 2.45) is 5.92 Å². The summed E-state index contributed by atoms with van der Waals surface area (Å²) in [7, 11) is 0. The number of carbonyl (C=O) groups excluding carboxylic acids is 1. The molecule has 1 amide bonds. The molecule has 1 atom stereocenters. The highest BCUT2D eigenvalue weighted by Gasteiger charge is 2.16. The highest BCUT2D eigenvalue weighted by Crippen LogP contribution is 2.13. The highest BCUT2D eigenvalue weighted by molar-refractivity contribution is 5.98. The molecule has 0 spiro atoms. The zero-order chi connectivity index (χ0) is 13.8. The molecule has 2 aromatic rings. The Bertz CT molecular complexity index is 581. The molecule has 0 saturated heterocycles. The summed E-state index contributed by atoms with van der Waals surface area (Å²) in [5.41, 5.74) is 1.45. The van der Waals surface area contributed by atoms with Gasteiger partial charge in [-0.25, -0.2) is 0 Å². The second kappa shape index (κ2) is 5.80. The molecule has 1 heterocycles. The van der Waals surface area contributed by atoms with Crippen LogP contribution >= 0.6 is 0 Å². The quantitative estimate of drug-likeness (QED) is 0.881. The molecule has 0 radical (unpaired) electrons. The standard InChI is InChI=1S/C15H18N2O2/c1-10(2)14(9-18)17-15(19)12-5-6-13-11(8-12)4-3-7-16-13/h3-8,10,14,18H,9H2,1-2H3,(H,17,19). The third-order valence-electron chi connectivity index (χ3n) is 3.18. The first-order valence-corrected chi connectivity index (χ1v) is 6.38. The third-order valence-corrected chi connectivity index (χ3v) is 3.18. The molecule has 0 fully saturated rings. The van der Waals surface area contributed by atoms with E-state index < -0.39 is 0 Å². The van der Waals surface area contributed by atoms with Gasteiger partial charge in [-0.3, -0.25) is 9.78 Å². The fraction of sp³-hybridized carbons (Fsp3) is 0.333. The van der Waals surface area contributed by atoms with Gasteiger partial charge in [-0.15, -0.1) is 0 Å². The lowest BCUT2D eigenvalue weighted by atomic mass is 10.0. The number of fused-ring (bicyclic) bond motifs is 1. The molecular formula is C15H18N2O2. The molecule has 0 aliphatic rings. The van der Waals surface area contributed by atoms with Gasteiger partial charge in [0.25, 0.3) is 5.91 Å². The normalized spacial score (nSPS) is 12.6. The number of hydrogen-bond acceptors (Lipinski definition) is 3. The van der Waals surface area contributed by atoms with Crippen molar-refractivity contribution in [3.05, 3.63) is 42.1 Å². The largest absolute Gasteiger partial charge is 0.394 e. The molecule has 1 unspecified atom stereocenters. The molecule has 4 nitrogen and oxygen atoms in total. The van der Waals surface area contributed by atoms with Crippen LogP contribution in [0.2, 0.25) is 0 Å². The van der Waals surface area contributed by atoms with Gasteiger partial charge in [0.2, 0.25) is 0 Å². The van der Waals surface area contributed by atoms with Gasteiger partial charge in [0.15, 0.2) is 0 Å². The van der Waals surface area contributed by atoms with E-state index in [-0.39, 0.29) is 24.5 Å². The Morgan fingerprint density at radius 1 is 1.37 bits per heavy atom. The summed E-state index contributed by atoms with van der Waals surface area (Å²) in [6.45, 7) is 3.87. The minimum absolute atomic E-state index is 0.0570. The maximum absolute atomic E-state index is 12.1. The number of aliphatic hydroxyl groups excluding tert-OH is 1. The molecule has 0 saturated carbocycles. The van der Waals surface area contributed by atoms with Crippen LogP contribution in [0.3, 0.4) is 0 Å². The zero-order valence-electron chi connectivity index (χ0n) is 11.1. The molecule has 100 valence electrons. The maximum Gasteiger partial charge on any atom is 0.251 e. The van der Waals surface area contributed by atoms with Crippen LogP contribution in [0.1, 0.15) is 24.2 Å². The van der Waals surface area contributed by atoms with Gasteiger partial charge >= 0.3 is 0 Å². The number of nitrogens with one attached hydrogen (secondary N) is 1. The molecule has 2 N–H and O–H groups in total. The fourth-order valence-corrected chi connectivity index (χ4v) is 1.89. The molecular weight excluding hydrogens is 240 g/mol. The predicted molar refractivity (Wildman–Crippen MR) is 74.9 cm³/mol. The number of benzene rings is 1. The Balaban J connectivity index is 2.21. The molecule has 1 aromatic carbocycles. The van der Waals surface area contributed by atoms with Crippen LogP contribution in [-0.4, -0.2) is 28.6 Å². The molecule has 0 aliphatic heterocycles. The number of pyridine rings is 1. The SMILES string of the molecule is CC(C)C(CO)NC(=O)c1ccc2ncccc2c1. The molecule has 0 bridgehead atoms. The Hall–Kier alpha value is -1.94. The van der Waals surface area contributed by atoms with Gasteiger partial charge < -0.3 is 10.4 Å². The van der Waals surface area contributed by atoms with Crippen molar-refractivity contribution >= 4 is 16.8 Å². The maximum atomic E-state index is 12.1. The molecule has 1 aromatic heterocycles. The van der Waals surface area contributed by atoms with Crippen LogP contribution in [0.5, 0.6) is 0 Å². The number of nitrogens with zero attached hydrogens (tertiary/aromatic N) is 1. The monoisotopic (exact) mass is 258 g/mol. The van der Waals surface area contributed by atoms with Crippen molar-refractivity contribution in [1.82, 2.24) is 10.3 Å². The van der Waals surface area contributed by atoms with Gasteiger partial charge in [-0.2, -0.15) is 0 Å². The summed E-state index contributed by atoms with van der Waals surface area (Å²) in [5.74, 6) is 0.0228. The van der Waals surface area contributed by atoms with E-state index >= 15 is 0 Å². The van der Waals surface area contributed by atoms with E-state index in [0.29, 0.717) is 5.56 Å². The van der Waals surface area contributed by atoms with E-state index in [1.807, 2.05) is 38.1 Å². The van der Waals surface area contributed by atoms with Gasteiger partial charge in [0.05, 0.1) is 18.2 Å². The van der Waals surface area contributed by atoms with E-state index in [9.17, 15) is 9.90 Å². The van der Waals surface area contributed by atoms with Crippen molar-refractivity contribution in [2.75, 3.05) is 6.61 Å². The third kappa shape index (κ3) is 3.09. The first kappa shape index (κ1) is 13.5. The lowest BCUT2D eigenvalue weighted by Crippen LogP contribution is -2.41. The molecule has 2 rings (SSSR count). The number of rotatable bonds is 4. The van der Waals surface area contributed by atoms with Crippen molar-refractivity contribution in [2.45, 2.75) is 19.9 Å². The van der Waals surface area contributed by atoms with Crippen molar-refractivity contribution in [1.29, 1.82) is 0 Å². The van der Waals surface area contributed by atoms with Crippen molar-refractivity contribution < 1.29 is 9.90 Å². The summed E-state index contributed by atoms with van der Waals surface area (Å²) < 4.78 is 0. The zero-order valence-corrected chi connectivity index (χ0v) is 11.1. The first-order chi connectivity index (χ1) is 9.11. The van der Waals surface area contributed by atoms with E-state index in [1.165, 1.54) is 0 Å². The lowest BCUT2D eigenvalue weighted by molar-refractivity contribution is 0.0897. The predicted octanol–water partition coefficient (Wildman–Crippen LogP) is 1.98. The Morgan fingerprint density at radius 2 is 2.16 bits per heavy atom. The summed E-state index contributed by atoms with van der Waals surface area (Å²) in [5, 5.41) is 13.0. The average Bonchev–Trinajstić information content (AvgIpc) is 2.43. The number of hydrogen-bond donors (Lipinski definition) is 2. The summed E-state index contributed by atoms with van der Waals surface area (Å²) >= 11 is 0. The molecule has 4 heteroatoms. The lowest BCUT2D eigenvalue weighted by Gasteiger charge is -2.19. The number of aromatic nitrogens is 1. The topological polar surface area (TPSA) is 62.2 Å². The minimum atomic E-state index is -0.225. The van der Waals surface area contributed by atoms with Crippen LogP contribution in [0.25, 0.3) is 10.9 Å². The highest BCUT2D eigenvalue weighted by atomic mass is 16.3. The first-order valence-electron chi connectivity index (χ1n) is 6.38. The minimum Gasteiger partial charge on any atom is -0.394 e. The summed E-state index contributed by atoms with van der Waals surface area (Å²) in [6, 6.07) is 8.93. The Kier molecular flexibility index (Phi) is 4.12. The van der Waals surface area contributed by atoms with Gasteiger partial charge in [0, 0.05) is 17.1 Å². The smallest absolute Gasteiger partial charge is 0.251 e. The van der Waals surface area contributed by atoms with Crippen LogP contribution in [0.15, 0.2) is 36.5 Å². The summed E-state index contributed by atoms with van der Waals surface area (Å²) in [6.07, 6.45) is 1.72. The number of amides is 1. The van der Waals surface area contributed by atoms with Crippen LogP contribution in [0.4, 0.5) is 0 Å². The molecule has 19 heavy (non-hydrogen) atoms. The Morgan fingerprint density at radius 3 is 2.84 bits per heavy atom. The second-order valence-electron chi connectivity index (χ2n) is 4.92. The van der Waals surface area contributed by atoms with Crippen molar-refractivity contribution in [3.8, 4) is 0 Å². The van der Waals surface area contributed by atoms with E-state index in [0.717, 1.165) is 10.9 Å². The summed E-state index contributed by atoms with van der Waals surface area (Å²) in [4.78, 5) is 16.3. The van der Waals surface area contributed by atoms with Gasteiger partial charge in [0.1, 0.15) is 0 Å². The van der Waals surface area contributed by atoms with Crippen LogP contribution < -0.4 is 5.32 Å². The Labute approximate surface area is 112 Å². The van der Waals surface area contributed by atoms with Gasteiger partial charge in [-0.05, 0) is 30.2 Å². The average molecular weight is 258 g/mol. The van der Waals surface area contributed by atoms with E-state index in [1.54, 1.807) is 12.3 Å². The van der Waals surface area contributed by atoms with E-state index in [2.05, 4.69) is 10.3 Å². The second-order valence-corrected chi connectivity index (χ2v) is 4.92. The molecule has 0 aliphatic carbocycles. The van der Waals surface area contributed by atoms with Crippen molar-refractivity contribution in [3.63, 3.8) is 0 Å². The fourth-order valence-electron chi connectivity index (χ4n) is 1.89. The van der Waals surface area contributed by atoms with Gasteiger partial charge in [-0.1, -0.05) is 19.9 Å². The number of aliphatic hydroxyl groups is 1. The van der Waals surface area contributed by atoms with Crippen LogP contribution in [0, 0.1) is 5.92 Å².